The molecule has 3 nitrogen and oxygen atoms in total. The molecule has 0 amide bonds. The summed E-state index contributed by atoms with van der Waals surface area (Å²) in [6.45, 7) is 0. The number of hydrogen-bond acceptors (Lipinski definition) is 3. The second-order valence-corrected chi connectivity index (χ2v) is 9.35. The Morgan fingerprint density at radius 1 is 0.419 bits per heavy atom. The Bertz CT molecular complexity index is 3610. The summed E-state index contributed by atoms with van der Waals surface area (Å²) in [7, 11) is 0. The van der Waals surface area contributed by atoms with Crippen molar-refractivity contribution in [3.63, 3.8) is 0 Å². The average molecular weight is 573 g/mol. The monoisotopic (exact) mass is 572 g/mol. The van der Waals surface area contributed by atoms with Gasteiger partial charge in [-0.25, -0.2) is 0 Å². The fourth-order valence-corrected chi connectivity index (χ4v) is 5.01. The number of para-hydroxylation sites is 3. The molecule has 0 saturated carbocycles. The van der Waals surface area contributed by atoms with Crippen LogP contribution in [0.3, 0.4) is 0 Å². The summed E-state index contributed by atoms with van der Waals surface area (Å²) in [5, 5.41) is -1.50. The van der Waals surface area contributed by atoms with E-state index in [2.05, 4.69) is 0 Å². The van der Waals surface area contributed by atoms with Crippen LogP contribution < -0.4 is 4.90 Å². The predicted octanol–water partition coefficient (Wildman–Crippen LogP) is 11.8. The van der Waals surface area contributed by atoms with Crippen molar-refractivity contribution in [3.05, 3.63) is 151 Å². The van der Waals surface area contributed by atoms with Crippen LogP contribution in [0, 0.1) is 0 Å². The molecule has 7 aromatic carbocycles. The molecule has 2 heterocycles. The van der Waals surface area contributed by atoms with Crippen molar-refractivity contribution < 1.29 is 37.6 Å². The number of furan rings is 2. The van der Waals surface area contributed by atoms with Crippen LogP contribution >= 0.6 is 0 Å². The molecule has 0 radical (unpaired) electrons. The Kier molecular flexibility index (Phi) is 2.42. The molecule has 43 heavy (non-hydrogen) atoms. The van der Waals surface area contributed by atoms with E-state index < -0.39 is 149 Å². The second kappa shape index (κ2) is 9.37. The predicted molar refractivity (Wildman–Crippen MR) is 179 cm³/mol. The molecule has 2 aromatic heterocycles. The zero-order valence-corrected chi connectivity index (χ0v) is 21.6. The second-order valence-electron chi connectivity index (χ2n) is 9.35. The maximum absolute atomic E-state index is 9.46. The highest BCUT2D eigenvalue weighted by Crippen LogP contribution is 2.40. The molecule has 0 spiro atoms. The maximum atomic E-state index is 9.46. The van der Waals surface area contributed by atoms with Gasteiger partial charge in [-0.3, -0.25) is 0 Å². The van der Waals surface area contributed by atoms with Crippen LogP contribution in [0.25, 0.3) is 65.8 Å². The summed E-state index contributed by atoms with van der Waals surface area (Å²) in [5.41, 5.74) is -2.92. The zero-order valence-electron chi connectivity index (χ0n) is 42.6. The van der Waals surface area contributed by atoms with Crippen LogP contribution in [0.2, 0.25) is 0 Å². The van der Waals surface area contributed by atoms with Crippen molar-refractivity contribution >= 4 is 71.7 Å². The molecule has 0 bridgehead atoms. The van der Waals surface area contributed by atoms with E-state index in [1.807, 2.05) is 0 Å². The first kappa shape index (κ1) is 11.1. The number of benzene rings is 7. The molecule has 0 unspecified atom stereocenters. The highest BCUT2D eigenvalue weighted by molar-refractivity contribution is 6.19. The Labute approximate surface area is 277 Å². The molecule has 9 aromatic rings. The van der Waals surface area contributed by atoms with Gasteiger partial charge in [0.2, 0.25) is 0 Å². The fourth-order valence-electron chi connectivity index (χ4n) is 5.01. The first-order valence-electron chi connectivity index (χ1n) is 23.3. The number of hydrogen-bond donors (Lipinski definition) is 0. The Morgan fingerprint density at radius 2 is 1.07 bits per heavy atom. The lowest BCUT2D eigenvalue weighted by atomic mass is 9.98. The molecule has 0 atom stereocenters. The summed E-state index contributed by atoms with van der Waals surface area (Å²) < 4.78 is 194. The van der Waals surface area contributed by atoms with E-state index in [0.717, 1.165) is 4.90 Å². The molecule has 0 aliphatic heterocycles. The molecule has 0 aliphatic rings. The maximum Gasteiger partial charge on any atom is 0.136 e. The van der Waals surface area contributed by atoms with Crippen molar-refractivity contribution in [2.45, 2.75) is 0 Å². The number of anilines is 3. The molecule has 0 N–H and O–H groups in total. The highest BCUT2D eigenvalue weighted by atomic mass is 16.3. The Balaban J connectivity index is 1.35. The lowest BCUT2D eigenvalue weighted by Crippen LogP contribution is -2.09. The normalized spacial score (nSPS) is 18.6. The summed E-state index contributed by atoms with van der Waals surface area (Å²) >= 11 is 0. The van der Waals surface area contributed by atoms with Gasteiger partial charge in [0, 0.05) is 38.6 Å². The van der Waals surface area contributed by atoms with Gasteiger partial charge in [-0.2, -0.15) is 0 Å². The van der Waals surface area contributed by atoms with E-state index in [1.54, 1.807) is 0 Å². The van der Waals surface area contributed by atoms with E-state index >= 15 is 0 Å². The van der Waals surface area contributed by atoms with Gasteiger partial charge in [-0.05, 0) is 88.4 Å². The molecule has 0 saturated heterocycles. The minimum Gasteiger partial charge on any atom is -0.456 e. The number of rotatable bonds is 4. The molecule has 202 valence electrons. The van der Waals surface area contributed by atoms with Gasteiger partial charge in [0.25, 0.3) is 0 Å². The fraction of sp³-hybridized carbons (Fsp3) is 0. The highest BCUT2D eigenvalue weighted by Gasteiger charge is 2.16. The lowest BCUT2D eigenvalue weighted by Gasteiger charge is -2.25. The van der Waals surface area contributed by atoms with E-state index in [-0.39, 0.29) is 60.3 Å². The first-order valence-corrected chi connectivity index (χ1v) is 12.8. The van der Waals surface area contributed by atoms with Crippen molar-refractivity contribution in [3.8, 4) is 11.1 Å². The van der Waals surface area contributed by atoms with E-state index in [9.17, 15) is 2.74 Å². The van der Waals surface area contributed by atoms with Gasteiger partial charge in [-0.1, -0.05) is 84.6 Å². The van der Waals surface area contributed by atoms with Crippen molar-refractivity contribution in [2.75, 3.05) is 4.90 Å². The van der Waals surface area contributed by atoms with E-state index in [4.69, 9.17) is 34.9 Å². The molecule has 9 rings (SSSR count). The quantitative estimate of drug-likeness (QED) is 0.210. The lowest BCUT2D eigenvalue weighted by molar-refractivity contribution is 0.668. The number of nitrogens with zero attached hydrogens (tertiary/aromatic N) is 1. The van der Waals surface area contributed by atoms with Crippen LogP contribution in [0.1, 0.15) is 28.8 Å². The smallest absolute Gasteiger partial charge is 0.136 e. The third kappa shape index (κ3) is 3.83. The van der Waals surface area contributed by atoms with Crippen LogP contribution in [0.5, 0.6) is 0 Å². The van der Waals surface area contributed by atoms with Gasteiger partial charge < -0.3 is 13.7 Å². The third-order valence-electron chi connectivity index (χ3n) is 6.92. The van der Waals surface area contributed by atoms with Gasteiger partial charge in [-0.15, -0.1) is 0 Å². The summed E-state index contributed by atoms with van der Waals surface area (Å²) in [6.07, 6.45) is 0. The average Bonchev–Trinajstić information content (AvgIpc) is 3.88. The minimum atomic E-state index is -0.796. The largest absolute Gasteiger partial charge is 0.456 e. The van der Waals surface area contributed by atoms with Crippen LogP contribution in [-0.2, 0) is 0 Å². The number of fused-ring (bicyclic) bond motifs is 8. The van der Waals surface area contributed by atoms with Gasteiger partial charge in [0.15, 0.2) is 0 Å². The zero-order chi connectivity index (χ0) is 46.6. The van der Waals surface area contributed by atoms with E-state index in [0.29, 0.717) is 0 Å². The van der Waals surface area contributed by atoms with Crippen molar-refractivity contribution in [1.29, 1.82) is 0 Å². The third-order valence-corrected chi connectivity index (χ3v) is 6.92. The summed E-state index contributed by atoms with van der Waals surface area (Å²) in [6, 6.07) is -8.64. The van der Waals surface area contributed by atoms with Crippen molar-refractivity contribution in [1.82, 2.24) is 0 Å². The van der Waals surface area contributed by atoms with Gasteiger partial charge in [0.1, 0.15) is 22.3 Å². The van der Waals surface area contributed by atoms with E-state index in [1.165, 1.54) is 24.3 Å². The van der Waals surface area contributed by atoms with Crippen LogP contribution in [0.4, 0.5) is 17.1 Å². The van der Waals surface area contributed by atoms with Gasteiger partial charge in [0.05, 0.1) is 28.8 Å². The minimum absolute atomic E-state index is 0.0603. The topological polar surface area (TPSA) is 29.5 Å². The van der Waals surface area contributed by atoms with Crippen LogP contribution in [-0.4, -0.2) is 0 Å². The van der Waals surface area contributed by atoms with Gasteiger partial charge >= 0.3 is 0 Å². The molecular formula is C40H25NO2. The molecule has 3 heteroatoms. The van der Waals surface area contributed by atoms with Crippen LogP contribution in [0.15, 0.2) is 160 Å². The molecule has 0 fully saturated rings. The SMILES string of the molecule is [2H]c1c([2H])c([2H])c(N(c2ccc(-c3c([2H])c([2H])c4c([2H])c([2H])c5oc6c([2H])c([2H])c([2H])c([2H])c6c5c4c3[2H])cc2)c2c([2H])c([2H])c3oc4c([2H])c([2H])c([2H])c([2H])c4c3c2[2H])c([2H])c1[2H]. The summed E-state index contributed by atoms with van der Waals surface area (Å²) in [5.74, 6) is 0. The molecule has 0 aliphatic carbocycles. The summed E-state index contributed by atoms with van der Waals surface area (Å²) in [4.78, 5) is 0.951. The first-order chi connectivity index (χ1) is 30.1. The molecular weight excluding hydrogens is 526 g/mol. The standard InChI is InChI=1S/C40H25NO2/c1-2-8-29(9-3-1)41(31-21-23-38-35(25-31)32-10-4-6-12-36(32)42-38)30-19-16-26(17-20-30)28-15-14-27-18-22-39-40(34(27)24-28)33-11-5-7-13-37(33)43-39/h1-25H/i1D,2D,3D,4D,5D,6D,7D,8D,9D,10D,11D,12D,13D,14D,15D,18D,21D,22D,23D,24D,25D. The van der Waals surface area contributed by atoms with Crippen molar-refractivity contribution in [2.24, 2.45) is 0 Å². The Morgan fingerprint density at radius 3 is 1.91 bits per heavy atom. The Hall–Kier alpha value is -5.80.